The summed E-state index contributed by atoms with van der Waals surface area (Å²) in [5.74, 6) is -0.183. The predicted octanol–water partition coefficient (Wildman–Crippen LogP) is 2.84. The van der Waals surface area contributed by atoms with Crippen LogP contribution in [-0.4, -0.2) is 53.6 Å². The summed E-state index contributed by atoms with van der Waals surface area (Å²) >= 11 is 0. The maximum absolute atomic E-state index is 14.0. The van der Waals surface area contributed by atoms with Crippen LogP contribution in [0, 0.1) is 17.1 Å². The minimum Gasteiger partial charge on any atom is -0.474 e. The number of aromatic nitrogens is 1. The van der Waals surface area contributed by atoms with Crippen LogP contribution in [0.2, 0.25) is 0 Å². The van der Waals surface area contributed by atoms with Gasteiger partial charge >= 0.3 is 6.03 Å². The van der Waals surface area contributed by atoms with Gasteiger partial charge in [-0.05, 0) is 43.9 Å². The third-order valence-electron chi connectivity index (χ3n) is 5.76. The number of para-hydroxylation sites is 1. The van der Waals surface area contributed by atoms with E-state index in [0.29, 0.717) is 24.5 Å². The molecular weight excluding hydrogens is 413 g/mol. The van der Waals surface area contributed by atoms with E-state index in [1.54, 1.807) is 30.3 Å². The van der Waals surface area contributed by atoms with Gasteiger partial charge in [-0.1, -0.05) is 12.1 Å². The largest absolute Gasteiger partial charge is 0.474 e. The molecule has 8 nitrogen and oxygen atoms in total. The van der Waals surface area contributed by atoms with E-state index < -0.39 is 5.82 Å². The standard InChI is InChI=1S/C23H24FN5O3/c24-19-3-1-2-4-20(19)29-12-11-28(23(29)31)15-21(30)27-17-6-8-18(9-7-17)32-22-10-5-16(13-25)14-26-22/h1-5,10,14,17-18H,6-9,11-12,15H2,(H,27,30). The summed E-state index contributed by atoms with van der Waals surface area (Å²) in [5, 5.41) is 11.8. The predicted molar refractivity (Wildman–Crippen MR) is 114 cm³/mol. The minimum absolute atomic E-state index is 0.0121. The quantitative estimate of drug-likeness (QED) is 0.749. The van der Waals surface area contributed by atoms with Crippen LogP contribution < -0.4 is 15.0 Å². The third kappa shape index (κ3) is 4.97. The first-order valence-electron chi connectivity index (χ1n) is 10.7. The first-order valence-corrected chi connectivity index (χ1v) is 10.7. The molecular formula is C23H24FN5O3. The average molecular weight is 437 g/mol. The maximum atomic E-state index is 14.0. The number of nitriles is 1. The lowest BCUT2D eigenvalue weighted by atomic mass is 9.93. The van der Waals surface area contributed by atoms with E-state index in [-0.39, 0.29) is 36.3 Å². The highest BCUT2D eigenvalue weighted by atomic mass is 19.1. The number of rotatable bonds is 6. The van der Waals surface area contributed by atoms with Crippen molar-refractivity contribution in [3.63, 3.8) is 0 Å². The highest BCUT2D eigenvalue weighted by molar-refractivity contribution is 5.96. The van der Waals surface area contributed by atoms with Crippen molar-refractivity contribution in [1.82, 2.24) is 15.2 Å². The van der Waals surface area contributed by atoms with Crippen molar-refractivity contribution < 1.29 is 18.7 Å². The lowest BCUT2D eigenvalue weighted by Crippen LogP contribution is -2.45. The molecule has 2 aromatic rings. The van der Waals surface area contributed by atoms with E-state index in [1.165, 1.54) is 22.1 Å². The molecule has 2 fully saturated rings. The summed E-state index contributed by atoms with van der Waals surface area (Å²) in [6.45, 7) is 0.674. The molecule has 4 rings (SSSR count). The Hall–Kier alpha value is -3.67. The Labute approximate surface area is 185 Å². The number of hydrogen-bond donors (Lipinski definition) is 1. The number of carbonyl (C=O) groups is 2. The second-order valence-corrected chi connectivity index (χ2v) is 7.96. The van der Waals surface area contributed by atoms with Gasteiger partial charge in [0.15, 0.2) is 0 Å². The summed E-state index contributed by atoms with van der Waals surface area (Å²) < 4.78 is 19.9. The minimum atomic E-state index is -0.456. The van der Waals surface area contributed by atoms with Gasteiger partial charge in [0.1, 0.15) is 24.5 Å². The van der Waals surface area contributed by atoms with Gasteiger partial charge in [-0.15, -0.1) is 0 Å². The Bertz CT molecular complexity index is 1020. The Balaban J connectivity index is 1.22. The zero-order chi connectivity index (χ0) is 22.5. The fraction of sp³-hybridized carbons (Fsp3) is 0.391. The van der Waals surface area contributed by atoms with E-state index in [4.69, 9.17) is 10.00 Å². The number of nitrogens with zero attached hydrogens (tertiary/aromatic N) is 4. The zero-order valence-electron chi connectivity index (χ0n) is 17.5. The van der Waals surface area contributed by atoms with Crippen molar-refractivity contribution in [1.29, 1.82) is 5.26 Å². The second-order valence-electron chi connectivity index (χ2n) is 7.96. The number of hydrogen-bond acceptors (Lipinski definition) is 5. The summed E-state index contributed by atoms with van der Waals surface area (Å²) in [5.41, 5.74) is 0.716. The van der Waals surface area contributed by atoms with Crippen LogP contribution in [0.5, 0.6) is 5.88 Å². The number of halogens is 1. The highest BCUT2D eigenvalue weighted by Crippen LogP contribution is 2.24. The summed E-state index contributed by atoms with van der Waals surface area (Å²) in [6, 6.07) is 11.2. The molecule has 9 heteroatoms. The molecule has 0 bridgehead atoms. The van der Waals surface area contributed by atoms with E-state index in [2.05, 4.69) is 10.3 Å². The smallest absolute Gasteiger partial charge is 0.325 e. The van der Waals surface area contributed by atoms with Gasteiger partial charge in [0.25, 0.3) is 0 Å². The van der Waals surface area contributed by atoms with E-state index in [1.807, 2.05) is 6.07 Å². The lowest BCUT2D eigenvalue weighted by Gasteiger charge is -2.29. The highest BCUT2D eigenvalue weighted by Gasteiger charge is 2.33. The van der Waals surface area contributed by atoms with Crippen molar-refractivity contribution >= 4 is 17.6 Å². The normalized spacial score (nSPS) is 20.7. The molecule has 3 amide bonds. The number of anilines is 1. The molecule has 1 aliphatic carbocycles. The topological polar surface area (TPSA) is 98.6 Å². The molecule has 0 spiro atoms. The number of carbonyl (C=O) groups excluding carboxylic acids is 2. The summed E-state index contributed by atoms with van der Waals surface area (Å²) in [7, 11) is 0. The van der Waals surface area contributed by atoms with E-state index in [0.717, 1.165) is 25.7 Å². The SMILES string of the molecule is N#Cc1ccc(OC2CCC(NC(=O)CN3CCN(c4ccccc4F)C3=O)CC2)nc1. The number of benzene rings is 1. The van der Waals surface area contributed by atoms with Crippen LogP contribution >= 0.6 is 0 Å². The van der Waals surface area contributed by atoms with Crippen LogP contribution in [0.3, 0.4) is 0 Å². The van der Waals surface area contributed by atoms with Crippen molar-refractivity contribution in [2.45, 2.75) is 37.8 Å². The molecule has 1 aromatic carbocycles. The first-order chi connectivity index (χ1) is 15.5. The van der Waals surface area contributed by atoms with Crippen LogP contribution in [0.15, 0.2) is 42.6 Å². The summed E-state index contributed by atoms with van der Waals surface area (Å²) in [6.07, 6.45) is 4.57. The van der Waals surface area contributed by atoms with Gasteiger partial charge in [0.05, 0.1) is 11.3 Å². The number of amides is 3. The van der Waals surface area contributed by atoms with Crippen molar-refractivity contribution in [2.24, 2.45) is 0 Å². The Kier molecular flexibility index (Phi) is 6.50. The van der Waals surface area contributed by atoms with Crippen molar-refractivity contribution in [2.75, 3.05) is 24.5 Å². The fourth-order valence-electron chi connectivity index (χ4n) is 4.08. The van der Waals surface area contributed by atoms with Gasteiger partial charge in [-0.3, -0.25) is 9.69 Å². The Morgan fingerprint density at radius 1 is 1.19 bits per heavy atom. The van der Waals surface area contributed by atoms with E-state index >= 15 is 0 Å². The monoisotopic (exact) mass is 437 g/mol. The number of urea groups is 1. The van der Waals surface area contributed by atoms with Crippen LogP contribution in [-0.2, 0) is 4.79 Å². The molecule has 32 heavy (non-hydrogen) atoms. The first kappa shape index (κ1) is 21.6. The number of pyridine rings is 1. The molecule has 0 unspecified atom stereocenters. The zero-order valence-corrected chi connectivity index (χ0v) is 17.5. The van der Waals surface area contributed by atoms with Crippen LogP contribution in [0.25, 0.3) is 0 Å². The molecule has 1 N–H and O–H groups in total. The maximum Gasteiger partial charge on any atom is 0.325 e. The molecule has 2 heterocycles. The van der Waals surface area contributed by atoms with E-state index in [9.17, 15) is 14.0 Å². The van der Waals surface area contributed by atoms with Gasteiger partial charge in [0, 0.05) is 31.4 Å². The van der Waals surface area contributed by atoms with Crippen LogP contribution in [0.1, 0.15) is 31.2 Å². The van der Waals surface area contributed by atoms with Gasteiger partial charge in [0.2, 0.25) is 11.8 Å². The molecule has 1 saturated heterocycles. The number of nitrogens with one attached hydrogen (secondary N) is 1. The fourth-order valence-corrected chi connectivity index (χ4v) is 4.08. The second kappa shape index (κ2) is 9.64. The Morgan fingerprint density at radius 3 is 2.66 bits per heavy atom. The van der Waals surface area contributed by atoms with Crippen molar-refractivity contribution in [3.05, 3.63) is 54.0 Å². The van der Waals surface area contributed by atoms with Crippen LogP contribution in [0.4, 0.5) is 14.9 Å². The molecule has 2 aliphatic rings. The van der Waals surface area contributed by atoms with Gasteiger partial charge < -0.3 is 15.0 Å². The van der Waals surface area contributed by atoms with Crippen molar-refractivity contribution in [3.8, 4) is 11.9 Å². The molecule has 0 atom stereocenters. The number of ether oxygens (including phenoxy) is 1. The Morgan fingerprint density at radius 2 is 1.97 bits per heavy atom. The average Bonchev–Trinajstić information content (AvgIpc) is 3.15. The molecule has 1 aliphatic heterocycles. The molecule has 1 saturated carbocycles. The lowest BCUT2D eigenvalue weighted by molar-refractivity contribution is -0.122. The molecule has 0 radical (unpaired) electrons. The summed E-state index contributed by atoms with van der Waals surface area (Å²) in [4.78, 5) is 32.0. The third-order valence-corrected chi connectivity index (χ3v) is 5.76. The molecule has 166 valence electrons. The van der Waals surface area contributed by atoms with Gasteiger partial charge in [-0.25, -0.2) is 14.2 Å². The van der Waals surface area contributed by atoms with Gasteiger partial charge in [-0.2, -0.15) is 5.26 Å². The molecule has 1 aromatic heterocycles.